The van der Waals surface area contributed by atoms with Gasteiger partial charge in [0.2, 0.25) is 5.91 Å². The molecule has 1 fully saturated rings. The molecule has 8 nitrogen and oxygen atoms in total. The number of sulfonamides is 1. The molecule has 25 heavy (non-hydrogen) atoms. The minimum atomic E-state index is -3.65. The van der Waals surface area contributed by atoms with Crippen molar-refractivity contribution in [3.63, 3.8) is 0 Å². The molecule has 9 heteroatoms. The Morgan fingerprint density at radius 1 is 1.24 bits per heavy atom. The Morgan fingerprint density at radius 3 is 2.60 bits per heavy atom. The smallest absolute Gasteiger partial charge is 0.262 e. The summed E-state index contributed by atoms with van der Waals surface area (Å²) in [6, 6.07) is 7.44. The number of ether oxygens (including phenoxy) is 1. The fourth-order valence-electron chi connectivity index (χ4n) is 2.48. The van der Waals surface area contributed by atoms with Crippen LogP contribution in [0.2, 0.25) is 0 Å². The second kappa shape index (κ2) is 7.34. The van der Waals surface area contributed by atoms with Gasteiger partial charge in [0.05, 0.1) is 19.5 Å². The topological polar surface area (TPSA) is 93.5 Å². The molecule has 0 saturated carbocycles. The van der Waals surface area contributed by atoms with Gasteiger partial charge in [-0.3, -0.25) is 4.79 Å². The first-order chi connectivity index (χ1) is 11.9. The summed E-state index contributed by atoms with van der Waals surface area (Å²) in [6.45, 7) is 3.32. The number of anilines is 1. The SMILES string of the molecule is Cc1ccc(NC(=O)Cn2cnc(S(=O)(=O)N3CCOCC3)c2)cc1. The number of carbonyl (C=O) groups is 1. The molecule has 1 aliphatic heterocycles. The van der Waals surface area contributed by atoms with E-state index in [2.05, 4.69) is 10.3 Å². The number of aryl methyl sites for hydroxylation is 1. The van der Waals surface area contributed by atoms with Gasteiger partial charge in [0, 0.05) is 25.0 Å². The van der Waals surface area contributed by atoms with Crippen molar-refractivity contribution in [2.75, 3.05) is 31.6 Å². The van der Waals surface area contributed by atoms with Crippen molar-refractivity contribution in [3.05, 3.63) is 42.4 Å². The van der Waals surface area contributed by atoms with Crippen LogP contribution in [-0.4, -0.2) is 54.5 Å². The maximum absolute atomic E-state index is 12.5. The number of hydrogen-bond acceptors (Lipinski definition) is 5. The number of nitrogens with zero attached hydrogens (tertiary/aromatic N) is 3. The Kier molecular flexibility index (Phi) is 5.16. The van der Waals surface area contributed by atoms with Crippen LogP contribution in [0.25, 0.3) is 0 Å². The van der Waals surface area contributed by atoms with Crippen LogP contribution in [0.15, 0.2) is 41.8 Å². The quantitative estimate of drug-likeness (QED) is 0.849. The highest BCUT2D eigenvalue weighted by Crippen LogP contribution is 2.15. The van der Waals surface area contributed by atoms with E-state index in [0.29, 0.717) is 32.0 Å². The maximum Gasteiger partial charge on any atom is 0.262 e. The number of benzene rings is 1. The number of morpholine rings is 1. The summed E-state index contributed by atoms with van der Waals surface area (Å²) in [6.07, 6.45) is 2.72. The van der Waals surface area contributed by atoms with E-state index >= 15 is 0 Å². The van der Waals surface area contributed by atoms with E-state index < -0.39 is 10.0 Å². The van der Waals surface area contributed by atoms with E-state index in [1.165, 1.54) is 21.4 Å². The van der Waals surface area contributed by atoms with Gasteiger partial charge in [-0.05, 0) is 19.1 Å². The first-order valence-electron chi connectivity index (χ1n) is 7.91. The van der Waals surface area contributed by atoms with Crippen LogP contribution in [0.1, 0.15) is 5.56 Å². The van der Waals surface area contributed by atoms with Gasteiger partial charge in [-0.25, -0.2) is 13.4 Å². The molecule has 1 aromatic heterocycles. The number of aromatic nitrogens is 2. The summed E-state index contributed by atoms with van der Waals surface area (Å²) in [7, 11) is -3.65. The van der Waals surface area contributed by atoms with Gasteiger partial charge in [-0.15, -0.1) is 0 Å². The highest BCUT2D eigenvalue weighted by atomic mass is 32.2. The van der Waals surface area contributed by atoms with Crippen molar-refractivity contribution in [1.82, 2.24) is 13.9 Å². The Morgan fingerprint density at radius 2 is 1.92 bits per heavy atom. The summed E-state index contributed by atoms with van der Waals surface area (Å²) in [5.41, 5.74) is 1.79. The number of carbonyl (C=O) groups excluding carboxylic acids is 1. The second-order valence-corrected chi connectivity index (χ2v) is 7.70. The van der Waals surface area contributed by atoms with Crippen LogP contribution in [0, 0.1) is 6.92 Å². The first kappa shape index (κ1) is 17.6. The standard InChI is InChI=1S/C16H20N4O4S/c1-13-2-4-14(5-3-13)18-15(21)10-19-11-16(17-12-19)25(22,23)20-6-8-24-9-7-20/h2-5,11-12H,6-10H2,1H3,(H,18,21). The molecule has 1 amide bonds. The lowest BCUT2D eigenvalue weighted by atomic mass is 10.2. The van der Waals surface area contributed by atoms with Gasteiger partial charge in [0.15, 0.2) is 5.03 Å². The number of imidazole rings is 1. The number of amides is 1. The van der Waals surface area contributed by atoms with Gasteiger partial charge in [0.25, 0.3) is 10.0 Å². The summed E-state index contributed by atoms with van der Waals surface area (Å²) in [5, 5.41) is 2.71. The molecule has 0 unspecified atom stereocenters. The zero-order valence-electron chi connectivity index (χ0n) is 13.9. The lowest BCUT2D eigenvalue weighted by Crippen LogP contribution is -2.40. The summed E-state index contributed by atoms with van der Waals surface area (Å²) >= 11 is 0. The summed E-state index contributed by atoms with van der Waals surface area (Å²) in [5.74, 6) is -0.253. The molecule has 2 aromatic rings. The Bertz CT molecular complexity index is 839. The van der Waals surface area contributed by atoms with Gasteiger partial charge in [-0.2, -0.15) is 4.31 Å². The van der Waals surface area contributed by atoms with Crippen LogP contribution < -0.4 is 5.32 Å². The van der Waals surface area contributed by atoms with Crippen molar-refractivity contribution in [2.24, 2.45) is 0 Å². The molecule has 0 radical (unpaired) electrons. The van der Waals surface area contributed by atoms with E-state index in [-0.39, 0.29) is 17.5 Å². The van der Waals surface area contributed by atoms with E-state index in [4.69, 9.17) is 4.74 Å². The van der Waals surface area contributed by atoms with Crippen molar-refractivity contribution < 1.29 is 17.9 Å². The van der Waals surface area contributed by atoms with Gasteiger partial charge in [0.1, 0.15) is 6.54 Å². The fourth-order valence-corrected chi connectivity index (χ4v) is 3.82. The summed E-state index contributed by atoms with van der Waals surface area (Å²) < 4.78 is 33.0. The van der Waals surface area contributed by atoms with Crippen LogP contribution >= 0.6 is 0 Å². The number of hydrogen-bond donors (Lipinski definition) is 1. The number of rotatable bonds is 5. The Balaban J connectivity index is 1.64. The molecular formula is C16H20N4O4S. The van der Waals surface area contributed by atoms with Crippen molar-refractivity contribution in [3.8, 4) is 0 Å². The van der Waals surface area contributed by atoms with Crippen LogP contribution in [0.3, 0.4) is 0 Å². The van der Waals surface area contributed by atoms with Crippen LogP contribution in [-0.2, 0) is 26.1 Å². The Hall–Kier alpha value is -2.23. The van der Waals surface area contributed by atoms with Gasteiger partial charge in [-0.1, -0.05) is 17.7 Å². The molecule has 2 heterocycles. The van der Waals surface area contributed by atoms with Crippen molar-refractivity contribution in [1.29, 1.82) is 0 Å². The van der Waals surface area contributed by atoms with Crippen molar-refractivity contribution in [2.45, 2.75) is 18.5 Å². The Labute approximate surface area is 146 Å². The molecule has 0 atom stereocenters. The van der Waals surface area contributed by atoms with E-state index in [9.17, 15) is 13.2 Å². The van der Waals surface area contributed by atoms with E-state index in [1.54, 1.807) is 0 Å². The highest BCUT2D eigenvalue weighted by Gasteiger charge is 2.28. The average molecular weight is 364 g/mol. The molecule has 1 aromatic carbocycles. The minimum absolute atomic E-state index is 0.0144. The highest BCUT2D eigenvalue weighted by molar-refractivity contribution is 7.89. The monoisotopic (exact) mass is 364 g/mol. The molecule has 0 bridgehead atoms. The summed E-state index contributed by atoms with van der Waals surface area (Å²) in [4.78, 5) is 16.0. The van der Waals surface area contributed by atoms with Crippen LogP contribution in [0.5, 0.6) is 0 Å². The lowest BCUT2D eigenvalue weighted by Gasteiger charge is -2.24. The van der Waals surface area contributed by atoms with E-state index in [0.717, 1.165) is 5.56 Å². The van der Waals surface area contributed by atoms with Gasteiger partial charge < -0.3 is 14.6 Å². The van der Waals surface area contributed by atoms with Crippen molar-refractivity contribution >= 4 is 21.6 Å². The molecular weight excluding hydrogens is 344 g/mol. The molecule has 0 spiro atoms. The molecule has 1 aliphatic rings. The maximum atomic E-state index is 12.5. The second-order valence-electron chi connectivity index (χ2n) is 5.81. The molecule has 1 N–H and O–H groups in total. The third-order valence-electron chi connectivity index (χ3n) is 3.85. The fraction of sp³-hybridized carbons (Fsp3) is 0.375. The third-order valence-corrected chi connectivity index (χ3v) is 5.63. The molecule has 134 valence electrons. The third kappa shape index (κ3) is 4.25. The predicted octanol–water partition coefficient (Wildman–Crippen LogP) is 0.851. The molecule has 3 rings (SSSR count). The molecule has 1 saturated heterocycles. The molecule has 0 aliphatic carbocycles. The largest absolute Gasteiger partial charge is 0.379 e. The first-order valence-corrected chi connectivity index (χ1v) is 9.35. The average Bonchev–Trinajstić information content (AvgIpc) is 3.07. The zero-order valence-corrected chi connectivity index (χ0v) is 14.7. The zero-order chi connectivity index (χ0) is 17.9. The predicted molar refractivity (Wildman–Crippen MR) is 91.6 cm³/mol. The van der Waals surface area contributed by atoms with E-state index in [1.807, 2.05) is 31.2 Å². The van der Waals surface area contributed by atoms with Gasteiger partial charge >= 0.3 is 0 Å². The lowest BCUT2D eigenvalue weighted by molar-refractivity contribution is -0.116. The normalized spacial score (nSPS) is 15.9. The minimum Gasteiger partial charge on any atom is -0.379 e. The number of nitrogens with one attached hydrogen (secondary N) is 1. The van der Waals surface area contributed by atoms with Crippen LogP contribution in [0.4, 0.5) is 5.69 Å².